The zero-order valence-electron chi connectivity index (χ0n) is 15.0. The maximum Gasteiger partial charge on any atom is 0.305 e. The van der Waals surface area contributed by atoms with Crippen molar-refractivity contribution in [2.45, 2.75) is 10.9 Å². The van der Waals surface area contributed by atoms with E-state index in [0.29, 0.717) is 36.5 Å². The van der Waals surface area contributed by atoms with Crippen LogP contribution in [0.1, 0.15) is 11.7 Å². The second kappa shape index (κ2) is 8.10. The second-order valence-corrected chi connectivity index (χ2v) is 9.22. The maximum atomic E-state index is 12.8. The average molecular weight is 421 g/mol. The molecule has 1 saturated heterocycles. The van der Waals surface area contributed by atoms with Gasteiger partial charge < -0.3 is 9.72 Å². The van der Waals surface area contributed by atoms with Gasteiger partial charge in [0.1, 0.15) is 0 Å². The van der Waals surface area contributed by atoms with Gasteiger partial charge >= 0.3 is 4.87 Å². The Morgan fingerprint density at radius 3 is 2.82 bits per heavy atom. The van der Waals surface area contributed by atoms with Crippen LogP contribution in [0.5, 0.6) is 0 Å². The number of thiazole rings is 1. The van der Waals surface area contributed by atoms with Crippen LogP contribution in [-0.4, -0.2) is 56.1 Å². The highest BCUT2D eigenvalue weighted by molar-refractivity contribution is 7.89. The molecular weight excluding hydrogens is 400 g/mol. The van der Waals surface area contributed by atoms with E-state index in [4.69, 9.17) is 4.74 Å². The highest BCUT2D eigenvalue weighted by Gasteiger charge is 2.26. The minimum absolute atomic E-state index is 0.136. The molecule has 1 atom stereocenters. The Morgan fingerprint density at radius 2 is 2.07 bits per heavy atom. The number of rotatable bonds is 6. The fourth-order valence-corrected chi connectivity index (χ4v) is 5.16. The third kappa shape index (κ3) is 4.15. The number of benzene rings is 1. The lowest BCUT2D eigenvalue weighted by molar-refractivity contribution is 0.0163. The van der Waals surface area contributed by atoms with Crippen LogP contribution in [0.25, 0.3) is 10.2 Å². The number of fused-ring (bicyclic) bond motifs is 1. The van der Waals surface area contributed by atoms with Gasteiger partial charge in [-0.05, 0) is 30.3 Å². The summed E-state index contributed by atoms with van der Waals surface area (Å²) in [4.78, 5) is 20.7. The number of aromatic amines is 1. The Labute approximate surface area is 166 Å². The number of hydrogen-bond acceptors (Lipinski definition) is 7. The van der Waals surface area contributed by atoms with E-state index >= 15 is 0 Å². The van der Waals surface area contributed by atoms with Crippen molar-refractivity contribution >= 4 is 31.6 Å². The van der Waals surface area contributed by atoms with Gasteiger partial charge in [-0.2, -0.15) is 0 Å². The van der Waals surface area contributed by atoms with E-state index in [-0.39, 0.29) is 22.4 Å². The van der Waals surface area contributed by atoms with Crippen molar-refractivity contribution in [2.75, 3.05) is 32.8 Å². The lowest BCUT2D eigenvalue weighted by Gasteiger charge is -2.34. The lowest BCUT2D eigenvalue weighted by Crippen LogP contribution is -2.44. The normalized spacial score (nSPS) is 17.0. The van der Waals surface area contributed by atoms with Crippen molar-refractivity contribution in [1.29, 1.82) is 0 Å². The molecule has 1 aromatic carbocycles. The van der Waals surface area contributed by atoms with Crippen molar-refractivity contribution in [3.05, 3.63) is 58.0 Å². The number of nitrogens with one attached hydrogen (secondary N) is 2. The molecule has 1 fully saturated rings. The largest absolute Gasteiger partial charge is 0.379 e. The van der Waals surface area contributed by atoms with Crippen molar-refractivity contribution in [3.8, 4) is 0 Å². The Balaban J connectivity index is 1.56. The molecule has 10 heteroatoms. The third-order valence-corrected chi connectivity index (χ3v) is 6.95. The predicted molar refractivity (Wildman–Crippen MR) is 107 cm³/mol. The summed E-state index contributed by atoms with van der Waals surface area (Å²) in [6.07, 6.45) is 1.71. The molecule has 0 radical (unpaired) electrons. The van der Waals surface area contributed by atoms with Gasteiger partial charge in [-0.25, -0.2) is 13.1 Å². The molecule has 0 aliphatic carbocycles. The molecule has 0 saturated carbocycles. The Bertz CT molecular complexity index is 1110. The van der Waals surface area contributed by atoms with Gasteiger partial charge in [-0.3, -0.25) is 14.7 Å². The molecule has 4 rings (SSSR count). The Kier molecular flexibility index (Phi) is 5.56. The fourth-order valence-electron chi connectivity index (χ4n) is 3.25. The molecule has 0 bridgehead atoms. The summed E-state index contributed by atoms with van der Waals surface area (Å²) in [6.45, 7) is 2.84. The molecule has 1 aliphatic rings. The van der Waals surface area contributed by atoms with Crippen LogP contribution in [0.15, 0.2) is 52.3 Å². The average Bonchev–Trinajstić information content (AvgIpc) is 3.09. The first kappa shape index (κ1) is 19.2. The predicted octanol–water partition coefficient (Wildman–Crippen LogP) is 1.34. The first-order chi connectivity index (χ1) is 13.5. The number of H-pyrrole nitrogens is 1. The van der Waals surface area contributed by atoms with Crippen molar-refractivity contribution < 1.29 is 13.2 Å². The van der Waals surface area contributed by atoms with Gasteiger partial charge in [0.25, 0.3) is 0 Å². The van der Waals surface area contributed by atoms with E-state index in [1.54, 1.807) is 12.3 Å². The van der Waals surface area contributed by atoms with Crippen molar-refractivity contribution in [2.24, 2.45) is 0 Å². The number of hydrogen-bond donors (Lipinski definition) is 2. The van der Waals surface area contributed by atoms with Crippen molar-refractivity contribution in [1.82, 2.24) is 19.6 Å². The minimum Gasteiger partial charge on any atom is -0.379 e. The number of sulfonamides is 1. The maximum absolute atomic E-state index is 12.8. The summed E-state index contributed by atoms with van der Waals surface area (Å²) in [5.41, 5.74) is 1.44. The van der Waals surface area contributed by atoms with E-state index in [9.17, 15) is 13.2 Å². The first-order valence-corrected chi connectivity index (χ1v) is 11.2. The minimum atomic E-state index is -3.73. The molecule has 2 aromatic heterocycles. The van der Waals surface area contributed by atoms with Crippen LogP contribution in [0.4, 0.5) is 0 Å². The summed E-state index contributed by atoms with van der Waals surface area (Å²) in [7, 11) is -3.73. The topological polar surface area (TPSA) is 104 Å². The zero-order chi connectivity index (χ0) is 19.6. The summed E-state index contributed by atoms with van der Waals surface area (Å²) < 4.78 is 34.4. The summed E-state index contributed by atoms with van der Waals surface area (Å²) in [5.74, 6) is 0. The van der Waals surface area contributed by atoms with Gasteiger partial charge in [0.15, 0.2) is 0 Å². The molecule has 0 amide bonds. The Morgan fingerprint density at radius 1 is 1.25 bits per heavy atom. The number of aromatic nitrogens is 2. The van der Waals surface area contributed by atoms with Gasteiger partial charge in [0.05, 0.1) is 40.1 Å². The van der Waals surface area contributed by atoms with Gasteiger partial charge in [0, 0.05) is 25.8 Å². The van der Waals surface area contributed by atoms with E-state index in [1.165, 1.54) is 12.1 Å². The molecule has 1 aliphatic heterocycles. The Hall–Kier alpha value is -2.11. The molecular formula is C18H20N4O4S2. The number of pyridine rings is 1. The smallest absolute Gasteiger partial charge is 0.305 e. The van der Waals surface area contributed by atoms with E-state index in [1.807, 2.05) is 18.2 Å². The zero-order valence-corrected chi connectivity index (χ0v) is 16.6. The molecule has 0 spiro atoms. The van der Waals surface area contributed by atoms with Crippen LogP contribution < -0.4 is 9.60 Å². The second-order valence-electron chi connectivity index (χ2n) is 6.44. The highest BCUT2D eigenvalue weighted by atomic mass is 32.2. The lowest BCUT2D eigenvalue weighted by atomic mass is 10.1. The summed E-state index contributed by atoms with van der Waals surface area (Å²) in [5, 5.41) is 0. The standard InChI is InChI=1S/C18H20N4O4S2/c23-18-21-15-5-4-13(11-17(15)27-18)28(24,25)20-12-16(14-3-1-2-6-19-14)22-7-9-26-10-8-22/h1-6,11,16,20H,7-10,12H2,(H,21,23)/t16-/m0/s1. The monoisotopic (exact) mass is 420 g/mol. The van der Waals surface area contributed by atoms with Crippen molar-refractivity contribution in [3.63, 3.8) is 0 Å². The fraction of sp³-hybridized carbons (Fsp3) is 0.333. The number of morpholine rings is 1. The quantitative estimate of drug-likeness (QED) is 0.624. The van der Waals surface area contributed by atoms with Crippen LogP contribution >= 0.6 is 11.3 Å². The molecule has 0 unspecified atom stereocenters. The van der Waals surface area contributed by atoms with Gasteiger partial charge in [-0.15, -0.1) is 0 Å². The van der Waals surface area contributed by atoms with E-state index in [0.717, 1.165) is 17.0 Å². The molecule has 28 heavy (non-hydrogen) atoms. The first-order valence-electron chi connectivity index (χ1n) is 8.88. The molecule has 3 aromatic rings. The molecule has 2 N–H and O–H groups in total. The summed E-state index contributed by atoms with van der Waals surface area (Å²) in [6, 6.07) is 10.1. The van der Waals surface area contributed by atoms with Crippen LogP contribution in [-0.2, 0) is 14.8 Å². The van der Waals surface area contributed by atoms with Crippen LogP contribution in [0.2, 0.25) is 0 Å². The van der Waals surface area contributed by atoms with E-state index in [2.05, 4.69) is 19.6 Å². The van der Waals surface area contributed by atoms with Crippen LogP contribution in [0, 0.1) is 0 Å². The SMILES string of the molecule is O=c1[nH]c2ccc(S(=O)(=O)NC[C@@H](c3ccccn3)N3CCOCC3)cc2s1. The molecule has 148 valence electrons. The van der Waals surface area contributed by atoms with Crippen LogP contribution in [0.3, 0.4) is 0 Å². The summed E-state index contributed by atoms with van der Waals surface area (Å²) >= 11 is 0.991. The number of ether oxygens (including phenoxy) is 1. The van der Waals surface area contributed by atoms with E-state index < -0.39 is 10.0 Å². The van der Waals surface area contributed by atoms with Gasteiger partial charge in [-0.1, -0.05) is 17.4 Å². The molecule has 3 heterocycles. The highest BCUT2D eigenvalue weighted by Crippen LogP contribution is 2.22. The third-order valence-electron chi connectivity index (χ3n) is 4.69. The van der Waals surface area contributed by atoms with Gasteiger partial charge in [0.2, 0.25) is 10.0 Å². The molecule has 8 nitrogen and oxygen atoms in total. The number of nitrogens with zero attached hydrogens (tertiary/aromatic N) is 2.